The molecule has 3 rings (SSSR count). The number of nitrogens with one attached hydrogen (secondary N) is 2. The summed E-state index contributed by atoms with van der Waals surface area (Å²) in [7, 11) is 3.57. The molecule has 1 aliphatic rings. The summed E-state index contributed by atoms with van der Waals surface area (Å²) in [5.41, 5.74) is 2.20. The van der Waals surface area contributed by atoms with Gasteiger partial charge in [-0.15, -0.1) is 0 Å². The van der Waals surface area contributed by atoms with Gasteiger partial charge in [-0.3, -0.25) is 4.99 Å². The molecule has 6 nitrogen and oxygen atoms in total. The van der Waals surface area contributed by atoms with Gasteiger partial charge in [0.15, 0.2) is 11.7 Å². The number of methoxy groups -OCH3 is 1. The average Bonchev–Trinajstić information content (AvgIpc) is 3.37. The maximum Gasteiger partial charge on any atom is 0.191 e. The zero-order chi connectivity index (χ0) is 19.0. The van der Waals surface area contributed by atoms with E-state index in [9.17, 15) is 0 Å². The van der Waals surface area contributed by atoms with E-state index in [2.05, 4.69) is 20.8 Å². The van der Waals surface area contributed by atoms with Crippen LogP contribution in [0.2, 0.25) is 0 Å². The molecule has 2 aromatic rings. The molecule has 0 bridgehead atoms. The largest absolute Gasteiger partial charge is 0.385 e. The monoisotopic (exact) mass is 370 g/mol. The Labute approximate surface area is 161 Å². The Morgan fingerprint density at radius 3 is 2.70 bits per heavy atom. The molecule has 1 aromatic carbocycles. The van der Waals surface area contributed by atoms with Gasteiger partial charge >= 0.3 is 0 Å². The lowest BCUT2D eigenvalue weighted by Gasteiger charge is -2.29. The van der Waals surface area contributed by atoms with Crippen LogP contribution in [0.5, 0.6) is 0 Å². The van der Waals surface area contributed by atoms with E-state index >= 15 is 0 Å². The highest BCUT2D eigenvalue weighted by Crippen LogP contribution is 2.40. The van der Waals surface area contributed by atoms with E-state index in [-0.39, 0.29) is 0 Å². The molecule has 1 saturated carbocycles. The van der Waals surface area contributed by atoms with Gasteiger partial charge < -0.3 is 19.9 Å². The molecular weight excluding hydrogens is 340 g/mol. The number of aromatic nitrogens is 1. The summed E-state index contributed by atoms with van der Waals surface area (Å²) in [5, 5.41) is 11.0. The number of hydrogen-bond donors (Lipinski definition) is 2. The lowest BCUT2D eigenvalue weighted by molar-refractivity contribution is 0.138. The highest BCUT2D eigenvalue weighted by molar-refractivity contribution is 5.79. The number of guanidine groups is 1. The third-order valence-corrected chi connectivity index (χ3v) is 5.41. The van der Waals surface area contributed by atoms with Gasteiger partial charge in [0.25, 0.3) is 0 Å². The molecule has 1 fully saturated rings. The minimum Gasteiger partial charge on any atom is -0.385 e. The molecule has 0 aliphatic heterocycles. The van der Waals surface area contributed by atoms with E-state index < -0.39 is 0 Å². The van der Waals surface area contributed by atoms with Crippen molar-refractivity contribution in [1.29, 1.82) is 0 Å². The van der Waals surface area contributed by atoms with Crippen molar-refractivity contribution in [3.8, 4) is 11.3 Å². The molecule has 27 heavy (non-hydrogen) atoms. The number of rotatable bonds is 8. The summed E-state index contributed by atoms with van der Waals surface area (Å²) in [6.07, 6.45) is 6.21. The molecule has 0 saturated heterocycles. The summed E-state index contributed by atoms with van der Waals surface area (Å²) in [6, 6.07) is 12.0. The van der Waals surface area contributed by atoms with Gasteiger partial charge in [-0.05, 0) is 24.7 Å². The highest BCUT2D eigenvalue weighted by Gasteiger charge is 2.33. The van der Waals surface area contributed by atoms with E-state index in [1.807, 2.05) is 36.4 Å². The summed E-state index contributed by atoms with van der Waals surface area (Å²) < 4.78 is 10.8. The Morgan fingerprint density at radius 1 is 1.22 bits per heavy atom. The zero-order valence-electron chi connectivity index (χ0n) is 16.3. The number of benzene rings is 1. The first-order valence-corrected chi connectivity index (χ1v) is 9.69. The molecular formula is C21H30N4O2. The van der Waals surface area contributed by atoms with Crippen LogP contribution in [-0.4, -0.2) is 38.4 Å². The van der Waals surface area contributed by atoms with Crippen LogP contribution in [0.1, 0.15) is 37.8 Å². The van der Waals surface area contributed by atoms with E-state index in [4.69, 9.17) is 9.26 Å². The number of aliphatic imine (C=N–C) groups is 1. The molecule has 0 atom stereocenters. The van der Waals surface area contributed by atoms with Gasteiger partial charge in [-0.1, -0.05) is 48.3 Å². The lowest BCUT2D eigenvalue weighted by atomic mass is 9.83. The molecule has 1 aliphatic carbocycles. The second-order valence-electron chi connectivity index (χ2n) is 7.28. The van der Waals surface area contributed by atoms with E-state index in [0.29, 0.717) is 12.0 Å². The van der Waals surface area contributed by atoms with E-state index in [0.717, 1.165) is 42.5 Å². The van der Waals surface area contributed by atoms with Gasteiger partial charge in [-0.2, -0.15) is 0 Å². The van der Waals surface area contributed by atoms with Crippen molar-refractivity contribution < 1.29 is 9.26 Å². The predicted octanol–water partition coefficient (Wildman–Crippen LogP) is 3.60. The lowest BCUT2D eigenvalue weighted by Crippen LogP contribution is -2.43. The van der Waals surface area contributed by atoms with Crippen LogP contribution in [0.25, 0.3) is 11.3 Å². The zero-order valence-corrected chi connectivity index (χ0v) is 16.3. The Balaban J connectivity index is 1.51. The van der Waals surface area contributed by atoms with Crippen LogP contribution in [0.3, 0.4) is 0 Å². The molecule has 1 aromatic heterocycles. The van der Waals surface area contributed by atoms with Crippen molar-refractivity contribution in [3.63, 3.8) is 0 Å². The molecule has 146 valence electrons. The van der Waals surface area contributed by atoms with Gasteiger partial charge in [0, 0.05) is 38.9 Å². The fourth-order valence-electron chi connectivity index (χ4n) is 3.76. The van der Waals surface area contributed by atoms with Crippen molar-refractivity contribution in [3.05, 3.63) is 42.1 Å². The van der Waals surface area contributed by atoms with Crippen LogP contribution in [0.4, 0.5) is 0 Å². The summed E-state index contributed by atoms with van der Waals surface area (Å²) >= 11 is 0. The second-order valence-corrected chi connectivity index (χ2v) is 7.28. The van der Waals surface area contributed by atoms with Gasteiger partial charge in [0.2, 0.25) is 0 Å². The van der Waals surface area contributed by atoms with Crippen molar-refractivity contribution in [2.24, 2.45) is 10.4 Å². The second kappa shape index (κ2) is 9.55. The van der Waals surface area contributed by atoms with Gasteiger partial charge in [0.05, 0.1) is 6.54 Å². The van der Waals surface area contributed by atoms with Crippen LogP contribution < -0.4 is 10.6 Å². The van der Waals surface area contributed by atoms with Crippen LogP contribution in [0.15, 0.2) is 45.9 Å². The molecule has 1 heterocycles. The van der Waals surface area contributed by atoms with Crippen molar-refractivity contribution in [2.75, 3.05) is 27.3 Å². The molecule has 2 N–H and O–H groups in total. The average molecular weight is 370 g/mol. The van der Waals surface area contributed by atoms with E-state index in [1.165, 1.54) is 25.7 Å². The number of hydrogen-bond acceptors (Lipinski definition) is 4. The SMILES string of the molecule is CN=C(NCc1cc(-c2ccccc2)on1)NCC1(CCOC)CCCC1. The molecule has 6 heteroatoms. The Kier molecular flexibility index (Phi) is 6.87. The number of ether oxygens (including phenoxy) is 1. The van der Waals surface area contributed by atoms with Crippen molar-refractivity contribution >= 4 is 5.96 Å². The first-order chi connectivity index (χ1) is 13.2. The number of nitrogens with zero attached hydrogens (tertiary/aromatic N) is 2. The predicted molar refractivity (Wildman–Crippen MR) is 108 cm³/mol. The minimum absolute atomic E-state index is 0.321. The van der Waals surface area contributed by atoms with Gasteiger partial charge in [-0.25, -0.2) is 0 Å². The standard InChI is InChI=1S/C21H30N4O2/c1-22-20(24-16-21(12-13-26-2)10-6-7-11-21)23-15-18-14-19(27-25-18)17-8-4-3-5-9-17/h3-5,8-9,14H,6-7,10-13,15-16H2,1-2H3,(H2,22,23,24). The summed E-state index contributed by atoms with van der Waals surface area (Å²) in [5.74, 6) is 1.57. The quantitative estimate of drug-likeness (QED) is 0.549. The Bertz CT molecular complexity index is 721. The Morgan fingerprint density at radius 2 is 2.00 bits per heavy atom. The van der Waals surface area contributed by atoms with Crippen LogP contribution in [0, 0.1) is 5.41 Å². The maximum atomic E-state index is 5.45. The summed E-state index contributed by atoms with van der Waals surface area (Å²) in [6.45, 7) is 2.31. The maximum absolute atomic E-state index is 5.45. The molecule has 0 unspecified atom stereocenters. The first-order valence-electron chi connectivity index (χ1n) is 9.69. The minimum atomic E-state index is 0.321. The third kappa shape index (κ3) is 5.32. The molecule has 0 spiro atoms. The molecule has 0 amide bonds. The smallest absolute Gasteiger partial charge is 0.191 e. The molecule has 0 radical (unpaired) electrons. The third-order valence-electron chi connectivity index (χ3n) is 5.41. The van der Waals surface area contributed by atoms with Crippen molar-refractivity contribution in [1.82, 2.24) is 15.8 Å². The topological polar surface area (TPSA) is 71.7 Å². The van der Waals surface area contributed by atoms with Crippen LogP contribution >= 0.6 is 0 Å². The first kappa shape index (κ1) is 19.4. The summed E-state index contributed by atoms with van der Waals surface area (Å²) in [4.78, 5) is 4.35. The van der Waals surface area contributed by atoms with Gasteiger partial charge in [0.1, 0.15) is 5.69 Å². The van der Waals surface area contributed by atoms with Crippen molar-refractivity contribution in [2.45, 2.75) is 38.6 Å². The normalized spacial score (nSPS) is 16.4. The van der Waals surface area contributed by atoms with E-state index in [1.54, 1.807) is 14.2 Å². The fraction of sp³-hybridized carbons (Fsp3) is 0.524. The van der Waals surface area contributed by atoms with Crippen LogP contribution in [-0.2, 0) is 11.3 Å². The Hall–Kier alpha value is -2.34. The fourth-order valence-corrected chi connectivity index (χ4v) is 3.76. The highest BCUT2D eigenvalue weighted by atomic mass is 16.5.